The molecule has 0 saturated carbocycles. The first-order chi connectivity index (χ1) is 14.4. The summed E-state index contributed by atoms with van der Waals surface area (Å²) in [6.45, 7) is 2.34. The lowest BCUT2D eigenvalue weighted by molar-refractivity contribution is 0.0740. The summed E-state index contributed by atoms with van der Waals surface area (Å²) < 4.78 is 36.4. The van der Waals surface area contributed by atoms with Gasteiger partial charge in [0.2, 0.25) is 10.0 Å². The molecule has 0 unspecified atom stereocenters. The number of carbonyl (C=O) groups excluding carboxylic acids is 1. The van der Waals surface area contributed by atoms with E-state index < -0.39 is 10.0 Å². The minimum Gasteiger partial charge on any atom is -0.490 e. The first-order valence-corrected chi connectivity index (χ1v) is 12.9. The van der Waals surface area contributed by atoms with E-state index >= 15 is 0 Å². The van der Waals surface area contributed by atoms with Gasteiger partial charge in [-0.15, -0.1) is 11.3 Å². The molecular weight excluding hydrogens is 424 g/mol. The molecule has 1 aromatic heterocycles. The molecule has 1 saturated heterocycles. The predicted octanol–water partition coefficient (Wildman–Crippen LogP) is 2.98. The van der Waals surface area contributed by atoms with Gasteiger partial charge in [-0.25, -0.2) is 13.1 Å². The molecule has 1 fully saturated rings. The number of amides is 1. The Hall–Kier alpha value is -2.10. The molecule has 0 aliphatic carbocycles. The predicted molar refractivity (Wildman–Crippen MR) is 116 cm³/mol. The van der Waals surface area contributed by atoms with Gasteiger partial charge in [-0.05, 0) is 49.1 Å². The number of fused-ring (bicyclic) bond motifs is 1. The first-order valence-electron chi connectivity index (χ1n) is 10.1. The number of sulfonamides is 1. The lowest BCUT2D eigenvalue weighted by atomic mass is 10.0. The topological polar surface area (TPSA) is 84.9 Å². The van der Waals surface area contributed by atoms with E-state index in [1.165, 1.54) is 11.3 Å². The summed E-state index contributed by atoms with van der Waals surface area (Å²) in [6.07, 6.45) is 4.45. The second kappa shape index (κ2) is 8.95. The smallest absolute Gasteiger partial charge is 0.264 e. The van der Waals surface area contributed by atoms with Crippen LogP contribution in [0.25, 0.3) is 0 Å². The number of likely N-dealkylation sites (tertiary alicyclic amines) is 1. The van der Waals surface area contributed by atoms with Crippen LogP contribution in [0.3, 0.4) is 0 Å². The Kier molecular flexibility index (Phi) is 6.31. The van der Waals surface area contributed by atoms with Gasteiger partial charge in [-0.3, -0.25) is 4.79 Å². The number of nitrogens with one attached hydrogen (secondary N) is 1. The van der Waals surface area contributed by atoms with Crippen molar-refractivity contribution in [3.63, 3.8) is 0 Å². The van der Waals surface area contributed by atoms with E-state index in [1.54, 1.807) is 0 Å². The van der Waals surface area contributed by atoms with Crippen LogP contribution in [0.1, 0.15) is 45.4 Å². The second-order valence-electron chi connectivity index (χ2n) is 7.60. The third-order valence-corrected chi connectivity index (χ3v) is 7.14. The highest BCUT2D eigenvalue weighted by Gasteiger charge is 2.32. The second-order valence-corrected chi connectivity index (χ2v) is 10.6. The Morgan fingerprint density at radius 1 is 1.17 bits per heavy atom. The lowest BCUT2D eigenvalue weighted by Gasteiger charge is -2.25. The summed E-state index contributed by atoms with van der Waals surface area (Å²) in [6, 6.07) is 9.74. The maximum Gasteiger partial charge on any atom is 0.264 e. The van der Waals surface area contributed by atoms with Crippen molar-refractivity contribution in [3.8, 4) is 11.5 Å². The molecule has 2 aliphatic heterocycles. The van der Waals surface area contributed by atoms with Crippen molar-refractivity contribution in [2.45, 2.75) is 31.7 Å². The highest BCUT2D eigenvalue weighted by molar-refractivity contribution is 7.88. The Morgan fingerprint density at radius 3 is 2.77 bits per heavy atom. The average molecular weight is 451 g/mol. The number of thiophene rings is 1. The van der Waals surface area contributed by atoms with Crippen LogP contribution in [0.4, 0.5) is 0 Å². The summed E-state index contributed by atoms with van der Waals surface area (Å²) in [5.41, 5.74) is 1.07. The number of carbonyl (C=O) groups is 1. The summed E-state index contributed by atoms with van der Waals surface area (Å²) >= 11 is 1.43. The minimum atomic E-state index is -3.20. The molecule has 1 atom stereocenters. The van der Waals surface area contributed by atoms with Crippen molar-refractivity contribution >= 4 is 27.3 Å². The fraction of sp³-hybridized carbons (Fsp3) is 0.476. The highest BCUT2D eigenvalue weighted by atomic mass is 32.2. The lowest BCUT2D eigenvalue weighted by Crippen LogP contribution is -2.30. The molecular formula is C21H26N2O5S2. The van der Waals surface area contributed by atoms with E-state index in [0.717, 1.165) is 54.0 Å². The first kappa shape index (κ1) is 21.1. The summed E-state index contributed by atoms with van der Waals surface area (Å²) in [5.74, 6) is 1.54. The van der Waals surface area contributed by atoms with Gasteiger partial charge in [0.25, 0.3) is 5.91 Å². The van der Waals surface area contributed by atoms with Crippen LogP contribution in [0, 0.1) is 0 Å². The molecule has 0 radical (unpaired) electrons. The van der Waals surface area contributed by atoms with Gasteiger partial charge in [0.1, 0.15) is 0 Å². The van der Waals surface area contributed by atoms with Crippen molar-refractivity contribution in [2.24, 2.45) is 0 Å². The Balaban J connectivity index is 1.46. The Bertz CT molecular complexity index is 1020. The number of hydrogen-bond acceptors (Lipinski definition) is 6. The molecule has 3 heterocycles. The normalized spacial score (nSPS) is 19.0. The van der Waals surface area contributed by atoms with E-state index in [4.69, 9.17) is 9.47 Å². The fourth-order valence-electron chi connectivity index (χ4n) is 3.87. The van der Waals surface area contributed by atoms with Gasteiger partial charge >= 0.3 is 0 Å². The van der Waals surface area contributed by atoms with E-state index in [-0.39, 0.29) is 11.9 Å². The molecule has 2 aliphatic rings. The quantitative estimate of drug-likeness (QED) is 0.731. The van der Waals surface area contributed by atoms with Crippen LogP contribution in [-0.4, -0.2) is 51.8 Å². The van der Waals surface area contributed by atoms with Gasteiger partial charge in [-0.1, -0.05) is 6.07 Å². The number of nitrogens with zero attached hydrogens (tertiary/aromatic N) is 1. The van der Waals surface area contributed by atoms with Crippen molar-refractivity contribution in [3.05, 3.63) is 45.6 Å². The summed E-state index contributed by atoms with van der Waals surface area (Å²) in [5, 5.41) is 0. The van der Waals surface area contributed by atoms with Crippen LogP contribution in [0.2, 0.25) is 0 Å². The Labute approximate surface area is 181 Å². The van der Waals surface area contributed by atoms with Crippen LogP contribution in [-0.2, 0) is 16.4 Å². The number of benzene rings is 1. The van der Waals surface area contributed by atoms with Crippen molar-refractivity contribution in [1.29, 1.82) is 0 Å². The van der Waals surface area contributed by atoms with Crippen LogP contribution in [0.15, 0.2) is 30.3 Å². The zero-order valence-electron chi connectivity index (χ0n) is 16.9. The highest BCUT2D eigenvalue weighted by Crippen LogP contribution is 2.39. The molecule has 9 heteroatoms. The van der Waals surface area contributed by atoms with Gasteiger partial charge in [0, 0.05) is 24.4 Å². The van der Waals surface area contributed by atoms with E-state index in [1.807, 2.05) is 35.2 Å². The molecule has 2 aromatic rings. The third kappa shape index (κ3) is 4.96. The SMILES string of the molecule is CS(=O)(=O)NCCc1ccc(C(=O)N2CCC[C@H]2c2ccc3c(c2)OCCCO3)s1. The van der Waals surface area contributed by atoms with E-state index in [2.05, 4.69) is 4.72 Å². The third-order valence-electron chi connectivity index (χ3n) is 5.28. The summed E-state index contributed by atoms with van der Waals surface area (Å²) in [4.78, 5) is 16.8. The van der Waals surface area contributed by atoms with Crippen LogP contribution < -0.4 is 14.2 Å². The summed E-state index contributed by atoms with van der Waals surface area (Å²) in [7, 11) is -3.20. The standard InChI is InChI=1S/C21H26N2O5S2/c1-30(25,26)22-10-9-16-6-8-20(29-16)21(24)23-11-2-4-17(23)15-5-7-18-19(14-15)28-13-3-12-27-18/h5-8,14,17,22H,2-4,9-13H2,1H3/t17-/m0/s1. The van der Waals surface area contributed by atoms with Gasteiger partial charge < -0.3 is 14.4 Å². The monoisotopic (exact) mass is 450 g/mol. The van der Waals surface area contributed by atoms with E-state index in [0.29, 0.717) is 31.1 Å². The maximum atomic E-state index is 13.2. The molecule has 1 amide bonds. The molecule has 1 N–H and O–H groups in total. The molecule has 30 heavy (non-hydrogen) atoms. The van der Waals surface area contributed by atoms with Crippen molar-refractivity contribution in [2.75, 3.05) is 32.6 Å². The van der Waals surface area contributed by atoms with Gasteiger partial charge in [0.15, 0.2) is 11.5 Å². The average Bonchev–Trinajstić information content (AvgIpc) is 3.31. The molecule has 0 spiro atoms. The van der Waals surface area contributed by atoms with Crippen molar-refractivity contribution in [1.82, 2.24) is 9.62 Å². The maximum absolute atomic E-state index is 13.2. The molecule has 7 nitrogen and oxygen atoms in total. The zero-order valence-corrected chi connectivity index (χ0v) is 18.6. The Morgan fingerprint density at radius 2 is 1.97 bits per heavy atom. The molecule has 0 bridgehead atoms. The number of rotatable bonds is 6. The number of ether oxygens (including phenoxy) is 2. The van der Waals surface area contributed by atoms with Crippen LogP contribution >= 0.6 is 11.3 Å². The van der Waals surface area contributed by atoms with Crippen molar-refractivity contribution < 1.29 is 22.7 Å². The fourth-order valence-corrected chi connectivity index (χ4v) is 5.31. The number of hydrogen-bond donors (Lipinski definition) is 1. The molecule has 162 valence electrons. The van der Waals surface area contributed by atoms with Crippen LogP contribution in [0.5, 0.6) is 11.5 Å². The molecule has 4 rings (SSSR count). The minimum absolute atomic E-state index is 0.0205. The zero-order chi connectivity index (χ0) is 21.1. The van der Waals surface area contributed by atoms with Gasteiger partial charge in [-0.2, -0.15) is 0 Å². The largest absolute Gasteiger partial charge is 0.490 e. The van der Waals surface area contributed by atoms with Gasteiger partial charge in [0.05, 0.1) is 30.4 Å². The molecule has 1 aromatic carbocycles. The van der Waals surface area contributed by atoms with E-state index in [9.17, 15) is 13.2 Å².